The first-order valence-electron chi connectivity index (χ1n) is 8.31. The first kappa shape index (κ1) is 16.1. The maximum Gasteiger partial charge on any atom is 0.315 e. The van der Waals surface area contributed by atoms with E-state index in [0.717, 1.165) is 44.4 Å². The van der Waals surface area contributed by atoms with E-state index >= 15 is 0 Å². The average molecular weight is 296 g/mol. The molecule has 0 aromatic rings. The van der Waals surface area contributed by atoms with Crippen molar-refractivity contribution in [3.8, 4) is 0 Å². The second-order valence-corrected chi connectivity index (χ2v) is 6.87. The van der Waals surface area contributed by atoms with Crippen LogP contribution in [0.1, 0.15) is 58.3 Å². The van der Waals surface area contributed by atoms with E-state index in [0.29, 0.717) is 18.5 Å². The van der Waals surface area contributed by atoms with Crippen LogP contribution in [-0.2, 0) is 4.79 Å². The summed E-state index contributed by atoms with van der Waals surface area (Å²) in [4.78, 5) is 22.8. The summed E-state index contributed by atoms with van der Waals surface area (Å²) in [6, 6.07) is 0.263. The molecule has 2 fully saturated rings. The molecular formula is C16H28N2O3. The van der Waals surface area contributed by atoms with E-state index in [1.807, 2.05) is 0 Å². The van der Waals surface area contributed by atoms with E-state index in [4.69, 9.17) is 5.11 Å². The summed E-state index contributed by atoms with van der Waals surface area (Å²) in [7, 11) is 0. The predicted octanol–water partition coefficient (Wildman–Crippen LogP) is 2.76. The SMILES string of the molecule is CC1CCC(NC(=O)NCC2CCC(C(=O)O)CC2)CC1. The van der Waals surface area contributed by atoms with Crippen LogP contribution in [0.15, 0.2) is 0 Å². The molecule has 5 nitrogen and oxygen atoms in total. The lowest BCUT2D eigenvalue weighted by atomic mass is 9.82. The number of rotatable bonds is 4. The summed E-state index contributed by atoms with van der Waals surface area (Å²) >= 11 is 0. The van der Waals surface area contributed by atoms with Gasteiger partial charge in [-0.05, 0) is 63.2 Å². The maximum atomic E-state index is 11.9. The van der Waals surface area contributed by atoms with Crippen molar-refractivity contribution < 1.29 is 14.7 Å². The Morgan fingerprint density at radius 3 is 2.19 bits per heavy atom. The first-order chi connectivity index (χ1) is 10.0. The largest absolute Gasteiger partial charge is 0.481 e. The number of hydrogen-bond acceptors (Lipinski definition) is 2. The molecule has 2 amide bonds. The highest BCUT2D eigenvalue weighted by Crippen LogP contribution is 2.28. The van der Waals surface area contributed by atoms with Gasteiger partial charge in [-0.2, -0.15) is 0 Å². The minimum atomic E-state index is -0.675. The molecule has 2 aliphatic rings. The molecule has 2 aliphatic carbocycles. The van der Waals surface area contributed by atoms with Gasteiger partial charge in [0, 0.05) is 12.6 Å². The summed E-state index contributed by atoms with van der Waals surface area (Å²) in [5.74, 6) is 0.359. The third-order valence-electron chi connectivity index (χ3n) is 5.10. The molecule has 0 unspecified atom stereocenters. The third-order valence-corrected chi connectivity index (χ3v) is 5.10. The Balaban J connectivity index is 1.60. The normalized spacial score (nSPS) is 33.2. The summed E-state index contributed by atoms with van der Waals surface area (Å²) in [5, 5.41) is 15.0. The Hall–Kier alpha value is -1.26. The number of carbonyl (C=O) groups is 2. The zero-order valence-corrected chi connectivity index (χ0v) is 12.9. The van der Waals surface area contributed by atoms with Crippen LogP contribution in [0.4, 0.5) is 4.79 Å². The molecule has 3 N–H and O–H groups in total. The van der Waals surface area contributed by atoms with E-state index in [1.54, 1.807) is 0 Å². The van der Waals surface area contributed by atoms with Gasteiger partial charge in [-0.3, -0.25) is 4.79 Å². The minimum Gasteiger partial charge on any atom is -0.481 e. The zero-order valence-electron chi connectivity index (χ0n) is 12.9. The van der Waals surface area contributed by atoms with Crippen LogP contribution in [0, 0.1) is 17.8 Å². The fourth-order valence-electron chi connectivity index (χ4n) is 3.49. The molecule has 5 heteroatoms. The Morgan fingerprint density at radius 2 is 1.62 bits per heavy atom. The molecule has 2 rings (SSSR count). The maximum absolute atomic E-state index is 11.9. The smallest absolute Gasteiger partial charge is 0.315 e. The van der Waals surface area contributed by atoms with Crippen LogP contribution in [0.25, 0.3) is 0 Å². The highest BCUT2D eigenvalue weighted by atomic mass is 16.4. The molecule has 0 saturated heterocycles. The van der Waals surface area contributed by atoms with Crippen LogP contribution in [-0.4, -0.2) is 29.7 Å². The van der Waals surface area contributed by atoms with Gasteiger partial charge in [0.25, 0.3) is 0 Å². The molecule has 0 heterocycles. The van der Waals surface area contributed by atoms with Crippen LogP contribution < -0.4 is 10.6 Å². The van der Waals surface area contributed by atoms with Crippen LogP contribution in [0.5, 0.6) is 0 Å². The Bertz CT molecular complexity index is 357. The topological polar surface area (TPSA) is 78.4 Å². The number of carboxylic acids is 1. The van der Waals surface area contributed by atoms with E-state index in [2.05, 4.69) is 17.6 Å². The van der Waals surface area contributed by atoms with Gasteiger partial charge < -0.3 is 15.7 Å². The van der Waals surface area contributed by atoms with Gasteiger partial charge in [0.2, 0.25) is 0 Å². The number of aliphatic carboxylic acids is 1. The van der Waals surface area contributed by atoms with Crippen molar-refractivity contribution in [3.63, 3.8) is 0 Å². The van der Waals surface area contributed by atoms with Gasteiger partial charge in [0.15, 0.2) is 0 Å². The van der Waals surface area contributed by atoms with E-state index < -0.39 is 5.97 Å². The molecule has 0 aliphatic heterocycles. The number of carbonyl (C=O) groups excluding carboxylic acids is 1. The number of urea groups is 1. The van der Waals surface area contributed by atoms with Crippen LogP contribution in [0.3, 0.4) is 0 Å². The molecule has 21 heavy (non-hydrogen) atoms. The lowest BCUT2D eigenvalue weighted by molar-refractivity contribution is -0.143. The van der Waals surface area contributed by atoms with Gasteiger partial charge in [0.1, 0.15) is 0 Å². The van der Waals surface area contributed by atoms with Crippen molar-refractivity contribution in [2.24, 2.45) is 17.8 Å². The summed E-state index contributed by atoms with van der Waals surface area (Å²) in [6.07, 6.45) is 7.84. The van der Waals surface area contributed by atoms with E-state index in [1.165, 1.54) is 12.8 Å². The standard InChI is InChI=1S/C16H28N2O3/c1-11-2-8-14(9-3-11)18-16(21)17-10-12-4-6-13(7-5-12)15(19)20/h11-14H,2-10H2,1H3,(H,19,20)(H2,17,18,21). The number of hydrogen-bond donors (Lipinski definition) is 3. The van der Waals surface area contributed by atoms with Crippen molar-refractivity contribution in [2.45, 2.75) is 64.3 Å². The highest BCUT2D eigenvalue weighted by molar-refractivity contribution is 5.74. The first-order valence-corrected chi connectivity index (χ1v) is 8.31. The van der Waals surface area contributed by atoms with Gasteiger partial charge in [-0.15, -0.1) is 0 Å². The van der Waals surface area contributed by atoms with Crippen LogP contribution >= 0.6 is 0 Å². The van der Waals surface area contributed by atoms with Crippen molar-refractivity contribution >= 4 is 12.0 Å². The fourth-order valence-corrected chi connectivity index (χ4v) is 3.49. The predicted molar refractivity (Wildman–Crippen MR) is 81.0 cm³/mol. The summed E-state index contributed by atoms with van der Waals surface area (Å²) in [5.41, 5.74) is 0. The lowest BCUT2D eigenvalue weighted by Gasteiger charge is -2.28. The summed E-state index contributed by atoms with van der Waals surface area (Å²) < 4.78 is 0. The quantitative estimate of drug-likeness (QED) is 0.746. The molecule has 2 saturated carbocycles. The Labute approximate surface area is 126 Å². The fraction of sp³-hybridized carbons (Fsp3) is 0.875. The molecule has 0 aromatic heterocycles. The molecule has 0 spiro atoms. The second kappa shape index (κ2) is 7.66. The van der Waals surface area contributed by atoms with Crippen molar-refractivity contribution in [3.05, 3.63) is 0 Å². The average Bonchev–Trinajstić information content (AvgIpc) is 2.48. The highest BCUT2D eigenvalue weighted by Gasteiger charge is 2.26. The monoisotopic (exact) mass is 296 g/mol. The van der Waals surface area contributed by atoms with E-state index in [9.17, 15) is 9.59 Å². The van der Waals surface area contributed by atoms with Crippen molar-refractivity contribution in [1.29, 1.82) is 0 Å². The molecular weight excluding hydrogens is 268 g/mol. The van der Waals surface area contributed by atoms with Crippen LogP contribution in [0.2, 0.25) is 0 Å². The summed E-state index contributed by atoms with van der Waals surface area (Å²) in [6.45, 7) is 2.94. The second-order valence-electron chi connectivity index (χ2n) is 6.87. The van der Waals surface area contributed by atoms with Crippen molar-refractivity contribution in [1.82, 2.24) is 10.6 Å². The zero-order chi connectivity index (χ0) is 15.2. The van der Waals surface area contributed by atoms with Gasteiger partial charge >= 0.3 is 12.0 Å². The van der Waals surface area contributed by atoms with Crippen molar-refractivity contribution in [2.75, 3.05) is 6.54 Å². The number of amides is 2. The lowest BCUT2D eigenvalue weighted by Crippen LogP contribution is -2.45. The Kier molecular flexibility index (Phi) is 5.88. The molecule has 0 atom stereocenters. The minimum absolute atomic E-state index is 0.0603. The third kappa shape index (κ3) is 5.21. The number of carboxylic acid groups (broad SMARTS) is 1. The molecule has 120 valence electrons. The molecule has 0 radical (unpaired) electrons. The molecule has 0 bridgehead atoms. The van der Waals surface area contributed by atoms with Gasteiger partial charge in [-0.1, -0.05) is 6.92 Å². The van der Waals surface area contributed by atoms with Gasteiger partial charge in [-0.25, -0.2) is 4.79 Å². The number of nitrogens with one attached hydrogen (secondary N) is 2. The Morgan fingerprint density at radius 1 is 1.00 bits per heavy atom. The van der Waals surface area contributed by atoms with E-state index in [-0.39, 0.29) is 11.9 Å². The van der Waals surface area contributed by atoms with Gasteiger partial charge in [0.05, 0.1) is 5.92 Å². The molecule has 0 aromatic carbocycles.